The van der Waals surface area contributed by atoms with E-state index < -0.39 is 5.54 Å². The minimum Gasteiger partial charge on any atom is -0.469 e. The fourth-order valence-electron chi connectivity index (χ4n) is 4.86. The van der Waals surface area contributed by atoms with Crippen molar-refractivity contribution in [3.63, 3.8) is 0 Å². The number of allylic oxidation sites excluding steroid dienone is 1. The molecule has 0 amide bonds. The minimum atomic E-state index is -0.843. The lowest BCUT2D eigenvalue weighted by atomic mass is 9.48. The van der Waals surface area contributed by atoms with Gasteiger partial charge < -0.3 is 9.47 Å². The second-order valence-corrected chi connectivity index (χ2v) is 8.03. The molecule has 1 saturated carbocycles. The summed E-state index contributed by atoms with van der Waals surface area (Å²) in [6.07, 6.45) is 4.92. The molecule has 4 rings (SSSR count). The topological polar surface area (TPSA) is 64.6 Å². The highest BCUT2D eigenvalue weighted by molar-refractivity contribution is 5.84. The van der Waals surface area contributed by atoms with Crippen LogP contribution in [0.5, 0.6) is 0 Å². The van der Waals surface area contributed by atoms with Gasteiger partial charge >= 0.3 is 11.9 Å². The molecule has 5 heteroatoms. The molecule has 0 aromatic carbocycles. The van der Waals surface area contributed by atoms with Gasteiger partial charge in [0.1, 0.15) is 5.54 Å². The van der Waals surface area contributed by atoms with Gasteiger partial charge in [-0.1, -0.05) is 25.5 Å². The van der Waals surface area contributed by atoms with Crippen LogP contribution in [-0.4, -0.2) is 37.7 Å². The molecule has 1 aliphatic heterocycles. The van der Waals surface area contributed by atoms with Crippen molar-refractivity contribution in [1.29, 1.82) is 0 Å². The fourth-order valence-corrected chi connectivity index (χ4v) is 4.86. The van der Waals surface area contributed by atoms with Gasteiger partial charge in [0.15, 0.2) is 0 Å². The van der Waals surface area contributed by atoms with E-state index in [1.54, 1.807) is 0 Å². The molecule has 0 spiro atoms. The maximum absolute atomic E-state index is 12.3. The lowest BCUT2D eigenvalue weighted by Gasteiger charge is -2.57. The summed E-state index contributed by atoms with van der Waals surface area (Å²) in [5.74, 6) is 0.293. The van der Waals surface area contributed by atoms with Crippen LogP contribution in [0.3, 0.4) is 0 Å². The molecule has 2 bridgehead atoms. The van der Waals surface area contributed by atoms with Crippen LogP contribution >= 0.6 is 0 Å². The Morgan fingerprint density at radius 2 is 1.91 bits per heavy atom. The second-order valence-electron chi connectivity index (χ2n) is 8.03. The fraction of sp³-hybridized carbons (Fsp3) is 0.778. The van der Waals surface area contributed by atoms with E-state index in [9.17, 15) is 9.59 Å². The van der Waals surface area contributed by atoms with Crippen LogP contribution in [0.25, 0.3) is 0 Å². The Morgan fingerprint density at radius 1 is 1.22 bits per heavy atom. The number of carbonyl (C=O) groups excluding carboxylic acids is 2. The highest BCUT2D eigenvalue weighted by atomic mass is 16.5. The maximum Gasteiger partial charge on any atom is 0.325 e. The first-order chi connectivity index (χ1) is 10.7. The van der Waals surface area contributed by atoms with Crippen molar-refractivity contribution < 1.29 is 19.1 Å². The molecule has 0 radical (unpaired) electrons. The van der Waals surface area contributed by atoms with E-state index in [0.29, 0.717) is 12.3 Å². The Balaban J connectivity index is 1.91. The molecule has 2 unspecified atom stereocenters. The monoisotopic (exact) mass is 321 g/mol. The van der Waals surface area contributed by atoms with Crippen molar-refractivity contribution in [1.82, 2.24) is 5.32 Å². The van der Waals surface area contributed by atoms with Gasteiger partial charge in [-0.3, -0.25) is 14.9 Å². The van der Waals surface area contributed by atoms with Gasteiger partial charge in [-0.05, 0) is 43.4 Å². The van der Waals surface area contributed by atoms with E-state index in [1.807, 2.05) is 6.92 Å². The van der Waals surface area contributed by atoms with Gasteiger partial charge in [0.05, 0.1) is 20.1 Å². The van der Waals surface area contributed by atoms with Crippen LogP contribution in [0, 0.1) is 23.2 Å². The standard InChI is InChI=1S/C18H27NO4/c1-17(2)10-6-7-11(13(17)8-10)14-12(15(20)22-4)9-18(3,19-14)16(21)23-5/h7,10,12-14,19H,6,8-9H2,1-5H3/t10?,12-,13?,14-,18+/m0/s1. The highest BCUT2D eigenvalue weighted by Crippen LogP contribution is 2.60. The van der Waals surface area contributed by atoms with E-state index in [2.05, 4.69) is 25.2 Å². The van der Waals surface area contributed by atoms with Crippen LogP contribution in [0.1, 0.15) is 40.0 Å². The van der Waals surface area contributed by atoms with E-state index in [-0.39, 0.29) is 29.3 Å². The summed E-state index contributed by atoms with van der Waals surface area (Å²) in [5.41, 5.74) is 0.709. The SMILES string of the molecule is COC(=O)[C@H]1C[C@](C)(C(=O)OC)N[C@H]1C1=CCC2CC1C2(C)C. The minimum absolute atomic E-state index is 0.142. The Kier molecular flexibility index (Phi) is 3.82. The molecule has 0 aromatic heterocycles. The largest absolute Gasteiger partial charge is 0.469 e. The third kappa shape index (κ3) is 2.32. The van der Waals surface area contributed by atoms with Crippen molar-refractivity contribution in [3.05, 3.63) is 11.6 Å². The Bertz CT molecular complexity index is 567. The number of ether oxygens (including phenoxy) is 2. The van der Waals surface area contributed by atoms with Crippen molar-refractivity contribution in [3.8, 4) is 0 Å². The number of fused-ring (bicyclic) bond motifs is 1. The summed E-state index contributed by atoms with van der Waals surface area (Å²) in [6.45, 7) is 6.42. The zero-order valence-electron chi connectivity index (χ0n) is 14.6. The molecular weight excluding hydrogens is 294 g/mol. The number of methoxy groups -OCH3 is 2. The Labute approximate surface area is 137 Å². The maximum atomic E-state index is 12.3. The molecule has 1 saturated heterocycles. The highest BCUT2D eigenvalue weighted by Gasteiger charge is 2.58. The number of carbonyl (C=O) groups is 2. The summed E-state index contributed by atoms with van der Waals surface area (Å²) < 4.78 is 9.94. The zero-order valence-corrected chi connectivity index (χ0v) is 14.6. The summed E-state index contributed by atoms with van der Waals surface area (Å²) in [7, 11) is 2.79. The summed E-state index contributed by atoms with van der Waals surface area (Å²) in [6, 6.07) is -0.142. The molecule has 3 aliphatic carbocycles. The van der Waals surface area contributed by atoms with Gasteiger partial charge in [0, 0.05) is 6.04 Å². The van der Waals surface area contributed by atoms with Crippen LogP contribution in [0.15, 0.2) is 11.6 Å². The molecule has 4 aliphatic rings. The average molecular weight is 321 g/mol. The number of hydrogen-bond donors (Lipinski definition) is 1. The number of hydrogen-bond acceptors (Lipinski definition) is 5. The zero-order chi connectivity index (χ0) is 17.0. The molecule has 1 heterocycles. The second kappa shape index (κ2) is 5.33. The third-order valence-electron chi connectivity index (χ3n) is 6.51. The first-order valence-electron chi connectivity index (χ1n) is 8.38. The molecule has 0 aromatic rings. The first kappa shape index (κ1) is 16.5. The average Bonchev–Trinajstić information content (AvgIpc) is 2.92. The van der Waals surface area contributed by atoms with Crippen LogP contribution in [0.4, 0.5) is 0 Å². The van der Waals surface area contributed by atoms with E-state index >= 15 is 0 Å². The van der Waals surface area contributed by atoms with Crippen LogP contribution in [0.2, 0.25) is 0 Å². The molecule has 5 nitrogen and oxygen atoms in total. The van der Waals surface area contributed by atoms with Gasteiger partial charge in [0.2, 0.25) is 0 Å². The molecule has 1 N–H and O–H groups in total. The van der Waals surface area contributed by atoms with Crippen molar-refractivity contribution in [2.45, 2.75) is 51.6 Å². The lowest BCUT2D eigenvalue weighted by molar-refractivity contribution is -0.148. The Morgan fingerprint density at radius 3 is 2.43 bits per heavy atom. The van der Waals surface area contributed by atoms with Gasteiger partial charge in [-0.2, -0.15) is 0 Å². The smallest absolute Gasteiger partial charge is 0.325 e. The van der Waals surface area contributed by atoms with Crippen molar-refractivity contribution in [2.75, 3.05) is 14.2 Å². The Hall–Kier alpha value is -1.36. The summed E-state index contributed by atoms with van der Waals surface area (Å²) >= 11 is 0. The van der Waals surface area contributed by atoms with Crippen molar-refractivity contribution >= 4 is 11.9 Å². The summed E-state index contributed by atoms with van der Waals surface area (Å²) in [5, 5.41) is 3.40. The summed E-state index contributed by atoms with van der Waals surface area (Å²) in [4.78, 5) is 24.5. The molecule has 23 heavy (non-hydrogen) atoms. The number of nitrogens with one attached hydrogen (secondary N) is 1. The van der Waals surface area contributed by atoms with Crippen molar-refractivity contribution in [2.24, 2.45) is 23.2 Å². The van der Waals surface area contributed by atoms with E-state index in [4.69, 9.17) is 9.47 Å². The van der Waals surface area contributed by atoms with Gasteiger partial charge in [0.25, 0.3) is 0 Å². The predicted molar refractivity (Wildman–Crippen MR) is 85.5 cm³/mol. The number of rotatable bonds is 3. The van der Waals surface area contributed by atoms with E-state index in [1.165, 1.54) is 26.2 Å². The molecular formula is C18H27NO4. The van der Waals surface area contributed by atoms with Gasteiger partial charge in [-0.15, -0.1) is 0 Å². The van der Waals surface area contributed by atoms with E-state index in [0.717, 1.165) is 12.3 Å². The molecule has 128 valence electrons. The van der Waals surface area contributed by atoms with Crippen LogP contribution < -0.4 is 5.32 Å². The quantitative estimate of drug-likeness (QED) is 0.637. The third-order valence-corrected chi connectivity index (χ3v) is 6.51. The normalized spacial score (nSPS) is 40.8. The van der Waals surface area contributed by atoms with Gasteiger partial charge in [-0.25, -0.2) is 0 Å². The molecule has 2 fully saturated rings. The number of esters is 2. The lowest BCUT2D eigenvalue weighted by Crippen LogP contribution is -2.54. The predicted octanol–water partition coefficient (Wildman–Crippen LogP) is 2.06. The van der Waals surface area contributed by atoms with Crippen LogP contribution in [-0.2, 0) is 19.1 Å². The first-order valence-corrected chi connectivity index (χ1v) is 8.38. The molecule has 5 atom stereocenters.